The monoisotopic (exact) mass is 312 g/mol. The molecule has 0 saturated carbocycles. The van der Waals surface area contributed by atoms with Gasteiger partial charge in [-0.2, -0.15) is 0 Å². The molecule has 21 heavy (non-hydrogen) atoms. The average molecular weight is 312 g/mol. The summed E-state index contributed by atoms with van der Waals surface area (Å²) >= 11 is 0. The van der Waals surface area contributed by atoms with E-state index in [1.165, 1.54) is 0 Å². The molecule has 5 nitrogen and oxygen atoms in total. The zero-order valence-electron chi connectivity index (χ0n) is 11.8. The predicted octanol–water partition coefficient (Wildman–Crippen LogP) is 1.91. The molecule has 0 bridgehead atoms. The summed E-state index contributed by atoms with van der Waals surface area (Å²) in [4.78, 5) is 10.6. The van der Waals surface area contributed by atoms with Crippen LogP contribution in [0.4, 0.5) is 0 Å². The van der Waals surface area contributed by atoms with Gasteiger partial charge in [-0.25, -0.2) is 8.42 Å². The van der Waals surface area contributed by atoms with Crippen molar-refractivity contribution in [1.29, 1.82) is 0 Å². The molecule has 0 aromatic heterocycles. The molecule has 1 N–H and O–H groups in total. The third-order valence-electron chi connectivity index (χ3n) is 3.57. The van der Waals surface area contributed by atoms with Crippen molar-refractivity contribution in [3.05, 3.63) is 29.8 Å². The van der Waals surface area contributed by atoms with Crippen molar-refractivity contribution in [1.82, 2.24) is 0 Å². The van der Waals surface area contributed by atoms with Gasteiger partial charge in [0.15, 0.2) is 9.84 Å². The summed E-state index contributed by atoms with van der Waals surface area (Å²) in [6, 6.07) is 7.31. The number of benzene rings is 1. The first-order valence-electron chi connectivity index (χ1n) is 7.08. The first kappa shape index (κ1) is 15.8. The van der Waals surface area contributed by atoms with E-state index in [-0.39, 0.29) is 23.8 Å². The fraction of sp³-hybridized carbons (Fsp3) is 0.533. The maximum atomic E-state index is 11.6. The largest absolute Gasteiger partial charge is 0.493 e. The molecule has 1 heterocycles. The molecule has 2 rings (SSSR count). The standard InChI is InChI=1S/C15H20O5S/c16-15(17)7-6-12-3-1-5-14(9-12)20-10-13-4-2-8-21(18,19)11-13/h1,3,5,9,13H,2,4,6-8,10-11H2,(H,16,17). The Kier molecular flexibility index (Phi) is 5.22. The van der Waals surface area contributed by atoms with Crippen molar-refractivity contribution >= 4 is 15.8 Å². The lowest BCUT2D eigenvalue weighted by Crippen LogP contribution is -2.29. The maximum Gasteiger partial charge on any atom is 0.303 e. The molecular formula is C15H20O5S. The number of aliphatic carboxylic acids is 1. The van der Waals surface area contributed by atoms with Crippen molar-refractivity contribution in [3.63, 3.8) is 0 Å². The maximum absolute atomic E-state index is 11.6. The van der Waals surface area contributed by atoms with Crippen LogP contribution < -0.4 is 4.74 Å². The second kappa shape index (κ2) is 6.93. The highest BCUT2D eigenvalue weighted by molar-refractivity contribution is 7.91. The first-order valence-corrected chi connectivity index (χ1v) is 8.91. The van der Waals surface area contributed by atoms with E-state index in [2.05, 4.69) is 0 Å². The van der Waals surface area contributed by atoms with E-state index in [9.17, 15) is 13.2 Å². The average Bonchev–Trinajstić information content (AvgIpc) is 2.42. The smallest absolute Gasteiger partial charge is 0.303 e. The predicted molar refractivity (Wildman–Crippen MR) is 79.3 cm³/mol. The van der Waals surface area contributed by atoms with Gasteiger partial charge < -0.3 is 9.84 Å². The van der Waals surface area contributed by atoms with Gasteiger partial charge in [0.2, 0.25) is 0 Å². The summed E-state index contributed by atoms with van der Waals surface area (Å²) in [6.45, 7) is 0.390. The molecule has 0 aliphatic carbocycles. The van der Waals surface area contributed by atoms with Crippen LogP contribution in [0.1, 0.15) is 24.8 Å². The molecule has 1 unspecified atom stereocenters. The van der Waals surface area contributed by atoms with Gasteiger partial charge in [0.25, 0.3) is 0 Å². The van der Waals surface area contributed by atoms with Crippen LogP contribution in [0.3, 0.4) is 0 Å². The van der Waals surface area contributed by atoms with Crippen LogP contribution in [0.2, 0.25) is 0 Å². The van der Waals surface area contributed by atoms with Crippen molar-refractivity contribution in [2.45, 2.75) is 25.7 Å². The number of hydrogen-bond donors (Lipinski definition) is 1. The van der Waals surface area contributed by atoms with E-state index >= 15 is 0 Å². The van der Waals surface area contributed by atoms with Gasteiger partial charge in [0.05, 0.1) is 18.1 Å². The van der Waals surface area contributed by atoms with E-state index in [0.717, 1.165) is 12.0 Å². The minimum Gasteiger partial charge on any atom is -0.493 e. The van der Waals surface area contributed by atoms with E-state index in [4.69, 9.17) is 9.84 Å². The molecule has 0 amide bonds. The Balaban J connectivity index is 1.88. The molecule has 1 aromatic carbocycles. The van der Waals surface area contributed by atoms with Crippen molar-refractivity contribution < 1.29 is 23.1 Å². The zero-order valence-corrected chi connectivity index (χ0v) is 12.6. The highest BCUT2D eigenvalue weighted by Crippen LogP contribution is 2.21. The van der Waals surface area contributed by atoms with E-state index in [0.29, 0.717) is 25.2 Å². The molecule has 1 fully saturated rings. The summed E-state index contributed by atoms with van der Waals surface area (Å²) < 4.78 is 28.8. The minimum atomic E-state index is -2.91. The number of carboxylic acid groups (broad SMARTS) is 1. The van der Waals surface area contributed by atoms with Crippen molar-refractivity contribution in [2.75, 3.05) is 18.1 Å². The Morgan fingerprint density at radius 2 is 2.19 bits per heavy atom. The molecule has 116 valence electrons. The van der Waals surface area contributed by atoms with Gasteiger partial charge in [0, 0.05) is 12.3 Å². The van der Waals surface area contributed by atoms with Gasteiger partial charge in [-0.15, -0.1) is 0 Å². The van der Waals surface area contributed by atoms with Crippen LogP contribution in [-0.2, 0) is 21.1 Å². The highest BCUT2D eigenvalue weighted by atomic mass is 32.2. The molecular weight excluding hydrogens is 292 g/mol. The lowest BCUT2D eigenvalue weighted by atomic mass is 10.1. The van der Waals surface area contributed by atoms with Gasteiger partial charge >= 0.3 is 5.97 Å². The molecule has 1 atom stereocenters. The third-order valence-corrected chi connectivity index (χ3v) is 5.46. The lowest BCUT2D eigenvalue weighted by Gasteiger charge is -2.22. The topological polar surface area (TPSA) is 80.7 Å². The fourth-order valence-electron chi connectivity index (χ4n) is 2.51. The van der Waals surface area contributed by atoms with Crippen LogP contribution in [0.25, 0.3) is 0 Å². The van der Waals surface area contributed by atoms with Crippen molar-refractivity contribution in [3.8, 4) is 5.75 Å². The van der Waals surface area contributed by atoms with E-state index in [1.807, 2.05) is 24.3 Å². The van der Waals surface area contributed by atoms with Gasteiger partial charge in [0.1, 0.15) is 5.75 Å². The number of carbonyl (C=O) groups is 1. The second-order valence-electron chi connectivity index (χ2n) is 5.47. The van der Waals surface area contributed by atoms with Crippen LogP contribution >= 0.6 is 0 Å². The summed E-state index contributed by atoms with van der Waals surface area (Å²) in [7, 11) is -2.91. The first-order chi connectivity index (χ1) is 9.94. The zero-order chi connectivity index (χ0) is 15.3. The third kappa shape index (κ3) is 5.38. The van der Waals surface area contributed by atoms with E-state index < -0.39 is 15.8 Å². The highest BCUT2D eigenvalue weighted by Gasteiger charge is 2.25. The van der Waals surface area contributed by atoms with Crippen LogP contribution in [0, 0.1) is 5.92 Å². The van der Waals surface area contributed by atoms with Gasteiger partial charge in [-0.3, -0.25) is 4.79 Å². The molecule has 1 aliphatic rings. The number of ether oxygens (including phenoxy) is 1. The molecule has 0 spiro atoms. The quantitative estimate of drug-likeness (QED) is 0.868. The minimum absolute atomic E-state index is 0.0476. The molecule has 6 heteroatoms. The summed E-state index contributed by atoms with van der Waals surface area (Å²) in [5, 5.41) is 8.68. The number of hydrogen-bond acceptors (Lipinski definition) is 4. The molecule has 0 radical (unpaired) electrons. The SMILES string of the molecule is O=C(O)CCc1cccc(OCC2CCCS(=O)(=O)C2)c1. The van der Waals surface area contributed by atoms with Crippen molar-refractivity contribution in [2.24, 2.45) is 5.92 Å². The van der Waals surface area contributed by atoms with Crippen LogP contribution in [0.15, 0.2) is 24.3 Å². The Morgan fingerprint density at radius 3 is 2.90 bits per heavy atom. The summed E-state index contributed by atoms with van der Waals surface area (Å²) in [6.07, 6.45) is 2.13. The summed E-state index contributed by atoms with van der Waals surface area (Å²) in [5.74, 6) is 0.376. The van der Waals surface area contributed by atoms with E-state index in [1.54, 1.807) is 0 Å². The Labute approximate surface area is 124 Å². The fourth-order valence-corrected chi connectivity index (χ4v) is 4.26. The molecule has 1 aliphatic heterocycles. The normalized spacial score (nSPS) is 20.9. The van der Waals surface area contributed by atoms with Gasteiger partial charge in [-0.05, 0) is 37.0 Å². The van der Waals surface area contributed by atoms with Crippen LogP contribution in [0.5, 0.6) is 5.75 Å². The number of rotatable bonds is 6. The molecule has 1 saturated heterocycles. The Bertz CT molecular complexity index is 594. The second-order valence-corrected chi connectivity index (χ2v) is 7.70. The number of carboxylic acids is 1. The Hall–Kier alpha value is -1.56. The lowest BCUT2D eigenvalue weighted by molar-refractivity contribution is -0.136. The summed E-state index contributed by atoms with van der Waals surface area (Å²) in [5.41, 5.74) is 0.908. The van der Waals surface area contributed by atoms with Gasteiger partial charge in [-0.1, -0.05) is 12.1 Å². The number of sulfone groups is 1. The van der Waals surface area contributed by atoms with Crippen LogP contribution in [-0.4, -0.2) is 37.6 Å². The number of aryl methyl sites for hydroxylation is 1. The Morgan fingerprint density at radius 1 is 1.38 bits per heavy atom. The molecule has 1 aromatic rings.